The monoisotopic (exact) mass is 406 g/mol. The predicted octanol–water partition coefficient (Wildman–Crippen LogP) is 6.50. The predicted molar refractivity (Wildman–Crippen MR) is 119 cm³/mol. The number of benzene rings is 1. The third kappa shape index (κ3) is 16.1. The fraction of sp³-hybridized carbons (Fsp3) is 0.720. The fourth-order valence-corrected chi connectivity index (χ4v) is 3.59. The lowest BCUT2D eigenvalue weighted by Crippen LogP contribution is -2.15. The normalized spacial score (nSPS) is 13.3. The number of aliphatic hydroxyl groups excluding tert-OH is 1. The Balaban J connectivity index is 2.04. The summed E-state index contributed by atoms with van der Waals surface area (Å²) in [6.45, 7) is 2.50. The van der Waals surface area contributed by atoms with Crippen LogP contribution in [0, 0.1) is 0 Å². The van der Waals surface area contributed by atoms with Crippen LogP contribution < -0.4 is 0 Å². The number of ether oxygens (including phenoxy) is 1. The second-order valence-electron chi connectivity index (χ2n) is 8.31. The zero-order valence-electron chi connectivity index (χ0n) is 18.4. The van der Waals surface area contributed by atoms with Crippen LogP contribution in [-0.2, 0) is 16.1 Å². The van der Waals surface area contributed by atoms with Gasteiger partial charge in [-0.3, -0.25) is 4.79 Å². The molecule has 1 aromatic rings. The van der Waals surface area contributed by atoms with Gasteiger partial charge in [-0.15, -0.1) is 0 Å². The van der Waals surface area contributed by atoms with E-state index >= 15 is 0 Å². The molecule has 2 N–H and O–H groups in total. The van der Waals surface area contributed by atoms with Gasteiger partial charge in [-0.1, -0.05) is 88.1 Å². The van der Waals surface area contributed by atoms with Crippen molar-refractivity contribution in [3.63, 3.8) is 0 Å². The van der Waals surface area contributed by atoms with Crippen LogP contribution in [0.2, 0.25) is 0 Å². The van der Waals surface area contributed by atoms with Crippen molar-refractivity contribution in [2.45, 2.75) is 116 Å². The number of carboxylic acids is 1. The van der Waals surface area contributed by atoms with Crippen molar-refractivity contribution in [3.05, 3.63) is 35.9 Å². The molecule has 0 amide bonds. The van der Waals surface area contributed by atoms with E-state index in [1.54, 1.807) is 0 Å². The number of unbranched alkanes of at least 4 members (excludes halogenated alkanes) is 9. The van der Waals surface area contributed by atoms with Gasteiger partial charge in [0.2, 0.25) is 0 Å². The average molecular weight is 407 g/mol. The second-order valence-corrected chi connectivity index (χ2v) is 8.31. The summed E-state index contributed by atoms with van der Waals surface area (Å²) in [7, 11) is 0. The van der Waals surface area contributed by atoms with Crippen LogP contribution in [-0.4, -0.2) is 28.4 Å². The first-order valence-corrected chi connectivity index (χ1v) is 11.6. The molecule has 0 bridgehead atoms. The largest absolute Gasteiger partial charge is 0.481 e. The summed E-state index contributed by atoms with van der Waals surface area (Å²) in [5.74, 6) is -0.677. The van der Waals surface area contributed by atoms with Crippen molar-refractivity contribution in [1.82, 2.24) is 0 Å². The minimum Gasteiger partial charge on any atom is -0.481 e. The Kier molecular flexibility index (Phi) is 15.4. The molecule has 0 heterocycles. The Morgan fingerprint density at radius 1 is 0.828 bits per heavy atom. The van der Waals surface area contributed by atoms with Gasteiger partial charge in [0.15, 0.2) is 0 Å². The third-order valence-corrected chi connectivity index (χ3v) is 5.40. The lowest BCUT2D eigenvalue weighted by atomic mass is 10.0. The molecule has 2 atom stereocenters. The quantitative estimate of drug-likeness (QED) is 0.257. The van der Waals surface area contributed by atoms with Crippen LogP contribution >= 0.6 is 0 Å². The maximum atomic E-state index is 10.5. The SMILES string of the molecule is CC(O)CCC(CCCCCCCCCCCCC(=O)O)OCc1ccccc1. The van der Waals surface area contributed by atoms with Gasteiger partial charge in [-0.25, -0.2) is 0 Å². The highest BCUT2D eigenvalue weighted by Gasteiger charge is 2.11. The Labute approximate surface area is 177 Å². The van der Waals surface area contributed by atoms with E-state index in [1.165, 1.54) is 50.5 Å². The van der Waals surface area contributed by atoms with Crippen molar-refractivity contribution in [2.24, 2.45) is 0 Å². The van der Waals surface area contributed by atoms with Crippen molar-refractivity contribution >= 4 is 5.97 Å². The highest BCUT2D eigenvalue weighted by atomic mass is 16.5. The maximum Gasteiger partial charge on any atom is 0.303 e. The summed E-state index contributed by atoms with van der Waals surface area (Å²) in [6.07, 6.45) is 14.9. The number of carbonyl (C=O) groups is 1. The number of hydrogen-bond acceptors (Lipinski definition) is 3. The van der Waals surface area contributed by atoms with E-state index in [4.69, 9.17) is 9.84 Å². The van der Waals surface area contributed by atoms with Crippen molar-refractivity contribution < 1.29 is 19.7 Å². The van der Waals surface area contributed by atoms with Crippen molar-refractivity contribution in [1.29, 1.82) is 0 Å². The molecule has 0 aromatic heterocycles. The first kappa shape index (κ1) is 25.6. The van der Waals surface area contributed by atoms with Crippen LogP contribution in [0.1, 0.15) is 102 Å². The lowest BCUT2D eigenvalue weighted by molar-refractivity contribution is -0.137. The Morgan fingerprint density at radius 2 is 1.38 bits per heavy atom. The minimum atomic E-state index is -0.677. The Morgan fingerprint density at radius 3 is 1.93 bits per heavy atom. The van der Waals surface area contributed by atoms with Crippen LogP contribution in [0.4, 0.5) is 0 Å². The lowest BCUT2D eigenvalue weighted by Gasteiger charge is -2.19. The Hall–Kier alpha value is -1.39. The number of carboxylic acid groups (broad SMARTS) is 1. The zero-order chi connectivity index (χ0) is 21.2. The van der Waals surface area contributed by atoms with Gasteiger partial charge in [0.05, 0.1) is 18.8 Å². The maximum absolute atomic E-state index is 10.5. The topological polar surface area (TPSA) is 66.8 Å². The fourth-order valence-electron chi connectivity index (χ4n) is 3.59. The molecule has 0 saturated heterocycles. The summed E-state index contributed by atoms with van der Waals surface area (Å²) in [5.41, 5.74) is 1.21. The van der Waals surface area contributed by atoms with Crippen LogP contribution in [0.25, 0.3) is 0 Å². The second kappa shape index (κ2) is 17.5. The van der Waals surface area contributed by atoms with Crippen LogP contribution in [0.3, 0.4) is 0 Å². The summed E-state index contributed by atoms with van der Waals surface area (Å²) in [5, 5.41) is 18.2. The van der Waals surface area contributed by atoms with Gasteiger partial charge in [-0.05, 0) is 38.2 Å². The molecule has 2 unspecified atom stereocenters. The first-order valence-electron chi connectivity index (χ1n) is 11.6. The zero-order valence-corrected chi connectivity index (χ0v) is 18.4. The molecule has 0 saturated carbocycles. The summed E-state index contributed by atoms with van der Waals surface area (Å²) >= 11 is 0. The summed E-state index contributed by atoms with van der Waals surface area (Å²) < 4.78 is 6.14. The number of hydrogen-bond donors (Lipinski definition) is 2. The molecule has 0 aliphatic heterocycles. The highest BCUT2D eigenvalue weighted by molar-refractivity contribution is 5.66. The van der Waals surface area contributed by atoms with Crippen molar-refractivity contribution in [3.8, 4) is 0 Å². The Bertz CT molecular complexity index is 501. The highest BCUT2D eigenvalue weighted by Crippen LogP contribution is 2.17. The number of rotatable bonds is 19. The summed E-state index contributed by atoms with van der Waals surface area (Å²) in [4.78, 5) is 10.5. The van der Waals surface area contributed by atoms with Crippen LogP contribution in [0.15, 0.2) is 30.3 Å². The van der Waals surface area contributed by atoms with E-state index in [2.05, 4.69) is 12.1 Å². The van der Waals surface area contributed by atoms with E-state index < -0.39 is 5.97 Å². The van der Waals surface area contributed by atoms with Gasteiger partial charge < -0.3 is 14.9 Å². The molecule has 0 aliphatic carbocycles. The molecule has 1 rings (SSSR count). The molecule has 0 spiro atoms. The molecule has 0 radical (unpaired) electrons. The van der Waals surface area contributed by atoms with E-state index in [1.807, 2.05) is 25.1 Å². The molecule has 1 aromatic carbocycles. The van der Waals surface area contributed by atoms with Gasteiger partial charge >= 0.3 is 5.97 Å². The van der Waals surface area contributed by atoms with Gasteiger partial charge in [-0.2, -0.15) is 0 Å². The molecular formula is C25H42O4. The third-order valence-electron chi connectivity index (χ3n) is 5.40. The van der Waals surface area contributed by atoms with E-state index in [0.29, 0.717) is 13.0 Å². The van der Waals surface area contributed by atoms with E-state index in [-0.39, 0.29) is 12.2 Å². The first-order chi connectivity index (χ1) is 14.1. The molecule has 4 nitrogen and oxygen atoms in total. The molecular weight excluding hydrogens is 364 g/mol. The smallest absolute Gasteiger partial charge is 0.303 e. The molecule has 29 heavy (non-hydrogen) atoms. The van der Waals surface area contributed by atoms with Gasteiger partial charge in [0.1, 0.15) is 0 Å². The standard InChI is InChI=1S/C25H42O4/c1-22(26)19-20-24(29-21-23-15-11-10-12-16-23)17-13-8-6-4-2-3-5-7-9-14-18-25(27)28/h10-12,15-16,22,24,26H,2-9,13-14,17-21H2,1H3,(H,27,28). The van der Waals surface area contributed by atoms with Crippen molar-refractivity contribution in [2.75, 3.05) is 0 Å². The van der Waals surface area contributed by atoms with E-state index in [0.717, 1.165) is 38.5 Å². The number of aliphatic hydroxyl groups is 1. The van der Waals surface area contributed by atoms with Crippen LogP contribution in [0.5, 0.6) is 0 Å². The molecule has 0 fully saturated rings. The summed E-state index contributed by atoms with van der Waals surface area (Å²) in [6, 6.07) is 10.3. The molecule has 0 aliphatic rings. The molecule has 4 heteroatoms. The minimum absolute atomic E-state index is 0.232. The van der Waals surface area contributed by atoms with Gasteiger partial charge in [0.25, 0.3) is 0 Å². The number of aliphatic carboxylic acids is 1. The van der Waals surface area contributed by atoms with E-state index in [9.17, 15) is 9.90 Å². The molecule has 166 valence electrons. The van der Waals surface area contributed by atoms with Gasteiger partial charge in [0, 0.05) is 6.42 Å². The average Bonchev–Trinajstić information content (AvgIpc) is 2.70.